The van der Waals surface area contributed by atoms with Crippen LogP contribution < -0.4 is 5.32 Å². The van der Waals surface area contributed by atoms with E-state index in [4.69, 9.17) is 0 Å². The molecule has 0 unspecified atom stereocenters. The van der Waals surface area contributed by atoms with Crippen LogP contribution in [-0.4, -0.2) is 21.8 Å². The van der Waals surface area contributed by atoms with E-state index in [9.17, 15) is 4.79 Å². The van der Waals surface area contributed by atoms with Gasteiger partial charge in [-0.05, 0) is 24.5 Å². The third kappa shape index (κ3) is 2.64. The Morgan fingerprint density at radius 1 is 1.47 bits per heavy atom. The van der Waals surface area contributed by atoms with Crippen LogP contribution in [0.1, 0.15) is 30.8 Å². The van der Waals surface area contributed by atoms with E-state index in [0.29, 0.717) is 18.2 Å². The largest absolute Gasteiger partial charge is 0.351 e. The molecule has 2 heterocycles. The highest BCUT2D eigenvalue weighted by Gasteiger charge is 2.12. The van der Waals surface area contributed by atoms with Gasteiger partial charge in [-0.3, -0.25) is 4.79 Å². The summed E-state index contributed by atoms with van der Waals surface area (Å²) < 4.78 is 1.84. The normalized spacial score (nSPS) is 11.0. The lowest BCUT2D eigenvalue weighted by molar-refractivity contribution is 0.0949. The van der Waals surface area contributed by atoms with Crippen molar-refractivity contribution in [2.75, 3.05) is 6.54 Å². The van der Waals surface area contributed by atoms with Crippen LogP contribution in [0.2, 0.25) is 0 Å². The van der Waals surface area contributed by atoms with Crippen molar-refractivity contribution >= 4 is 11.4 Å². The highest BCUT2D eigenvalue weighted by molar-refractivity contribution is 5.98. The maximum Gasteiger partial charge on any atom is 0.272 e. The van der Waals surface area contributed by atoms with Crippen LogP contribution in [0.25, 0.3) is 5.52 Å². The molecule has 0 saturated carbocycles. The molecular weight excluding hydrogens is 214 g/mol. The van der Waals surface area contributed by atoms with Crippen LogP contribution in [-0.2, 0) is 0 Å². The van der Waals surface area contributed by atoms with Gasteiger partial charge in [0.1, 0.15) is 6.33 Å². The molecule has 1 amide bonds. The number of nitrogens with zero attached hydrogens (tertiary/aromatic N) is 2. The van der Waals surface area contributed by atoms with Crippen molar-refractivity contribution in [3.05, 3.63) is 36.4 Å². The number of rotatable bonds is 4. The van der Waals surface area contributed by atoms with Crippen molar-refractivity contribution in [3.63, 3.8) is 0 Å². The van der Waals surface area contributed by atoms with E-state index >= 15 is 0 Å². The van der Waals surface area contributed by atoms with Crippen LogP contribution in [0.5, 0.6) is 0 Å². The van der Waals surface area contributed by atoms with Gasteiger partial charge < -0.3 is 9.72 Å². The first-order valence-corrected chi connectivity index (χ1v) is 5.88. The molecule has 0 atom stereocenters. The number of fused-ring (bicyclic) bond motifs is 1. The zero-order valence-electron chi connectivity index (χ0n) is 10.2. The number of aromatic nitrogens is 2. The highest BCUT2D eigenvalue weighted by atomic mass is 16.1. The molecule has 2 aromatic rings. The van der Waals surface area contributed by atoms with Crippen LogP contribution in [0.3, 0.4) is 0 Å². The lowest BCUT2D eigenvalue weighted by Crippen LogP contribution is -2.25. The molecule has 4 heteroatoms. The van der Waals surface area contributed by atoms with Gasteiger partial charge in [0, 0.05) is 12.7 Å². The van der Waals surface area contributed by atoms with Crippen molar-refractivity contribution < 1.29 is 4.79 Å². The predicted octanol–water partition coefficient (Wildman–Crippen LogP) is 2.11. The second-order valence-corrected chi connectivity index (χ2v) is 4.52. The Morgan fingerprint density at radius 2 is 2.29 bits per heavy atom. The fraction of sp³-hybridized carbons (Fsp3) is 0.385. The van der Waals surface area contributed by atoms with Crippen molar-refractivity contribution in [1.29, 1.82) is 0 Å². The average Bonchev–Trinajstić information content (AvgIpc) is 2.72. The minimum absolute atomic E-state index is 0.0978. The van der Waals surface area contributed by atoms with Gasteiger partial charge in [0.15, 0.2) is 5.69 Å². The van der Waals surface area contributed by atoms with E-state index in [2.05, 4.69) is 24.1 Å². The number of carbonyl (C=O) groups excluding carboxylic acids is 1. The van der Waals surface area contributed by atoms with Crippen LogP contribution >= 0.6 is 0 Å². The minimum Gasteiger partial charge on any atom is -0.351 e. The van der Waals surface area contributed by atoms with Crippen LogP contribution in [0.4, 0.5) is 0 Å². The SMILES string of the molecule is CC(C)CCNC(=O)c1ncn2ccccc12. The number of amides is 1. The number of hydrogen-bond acceptors (Lipinski definition) is 2. The predicted molar refractivity (Wildman–Crippen MR) is 67.0 cm³/mol. The summed E-state index contributed by atoms with van der Waals surface area (Å²) >= 11 is 0. The standard InChI is InChI=1S/C13H17N3O/c1-10(2)6-7-14-13(17)12-11-5-3-4-8-16(11)9-15-12/h3-5,8-10H,6-7H2,1-2H3,(H,14,17). The molecule has 0 spiro atoms. The maximum atomic E-state index is 11.9. The van der Waals surface area contributed by atoms with E-state index in [1.165, 1.54) is 0 Å². The Balaban J connectivity index is 2.09. The molecule has 2 aromatic heterocycles. The minimum atomic E-state index is -0.0978. The van der Waals surface area contributed by atoms with Gasteiger partial charge in [0.25, 0.3) is 5.91 Å². The van der Waals surface area contributed by atoms with E-state index in [1.54, 1.807) is 6.33 Å². The van der Waals surface area contributed by atoms with Gasteiger partial charge in [-0.15, -0.1) is 0 Å². The van der Waals surface area contributed by atoms with Gasteiger partial charge in [-0.1, -0.05) is 19.9 Å². The molecule has 0 aliphatic carbocycles. The second-order valence-electron chi connectivity index (χ2n) is 4.52. The third-order valence-electron chi connectivity index (χ3n) is 2.67. The molecule has 90 valence electrons. The Kier molecular flexibility index (Phi) is 3.42. The lowest BCUT2D eigenvalue weighted by Gasteiger charge is -2.05. The van der Waals surface area contributed by atoms with E-state index in [-0.39, 0.29) is 5.91 Å². The molecule has 0 aliphatic heterocycles. The molecule has 1 N–H and O–H groups in total. The smallest absolute Gasteiger partial charge is 0.272 e. The lowest BCUT2D eigenvalue weighted by atomic mass is 10.1. The topological polar surface area (TPSA) is 46.4 Å². The molecular formula is C13H17N3O. The first-order valence-electron chi connectivity index (χ1n) is 5.88. The van der Waals surface area contributed by atoms with Gasteiger partial charge in [-0.25, -0.2) is 4.98 Å². The number of carbonyl (C=O) groups is 1. The molecule has 0 bridgehead atoms. The summed E-state index contributed by atoms with van der Waals surface area (Å²) in [7, 11) is 0. The monoisotopic (exact) mass is 231 g/mol. The Bertz CT molecular complexity index is 516. The second kappa shape index (κ2) is 4.99. The Morgan fingerprint density at radius 3 is 3.06 bits per heavy atom. The van der Waals surface area contributed by atoms with Gasteiger partial charge in [0.2, 0.25) is 0 Å². The summed E-state index contributed by atoms with van der Waals surface area (Å²) in [5.74, 6) is 0.494. The summed E-state index contributed by atoms with van der Waals surface area (Å²) in [6.45, 7) is 4.97. The van der Waals surface area contributed by atoms with Crippen molar-refractivity contribution in [2.24, 2.45) is 5.92 Å². The molecule has 2 rings (SSSR count). The van der Waals surface area contributed by atoms with Crippen LogP contribution in [0, 0.1) is 5.92 Å². The zero-order chi connectivity index (χ0) is 12.3. The fourth-order valence-corrected chi connectivity index (χ4v) is 1.68. The van der Waals surface area contributed by atoms with Crippen LogP contribution in [0.15, 0.2) is 30.7 Å². The molecule has 4 nitrogen and oxygen atoms in total. The maximum absolute atomic E-state index is 11.9. The van der Waals surface area contributed by atoms with Crippen molar-refractivity contribution in [1.82, 2.24) is 14.7 Å². The summed E-state index contributed by atoms with van der Waals surface area (Å²) in [6.07, 6.45) is 4.53. The molecule has 0 aliphatic rings. The summed E-state index contributed by atoms with van der Waals surface area (Å²) in [5, 5.41) is 2.89. The van der Waals surface area contributed by atoms with Gasteiger partial charge >= 0.3 is 0 Å². The van der Waals surface area contributed by atoms with Crippen molar-refractivity contribution in [3.8, 4) is 0 Å². The molecule has 0 aromatic carbocycles. The number of imidazole rings is 1. The first kappa shape index (κ1) is 11.6. The number of pyridine rings is 1. The molecule has 0 fully saturated rings. The highest BCUT2D eigenvalue weighted by Crippen LogP contribution is 2.08. The first-order chi connectivity index (χ1) is 8.18. The number of nitrogens with one attached hydrogen (secondary N) is 1. The summed E-state index contributed by atoms with van der Waals surface area (Å²) in [4.78, 5) is 16.1. The quantitative estimate of drug-likeness (QED) is 0.876. The zero-order valence-corrected chi connectivity index (χ0v) is 10.2. The summed E-state index contributed by atoms with van der Waals surface area (Å²) in [5.41, 5.74) is 1.34. The van der Waals surface area contributed by atoms with E-state index in [1.807, 2.05) is 28.8 Å². The van der Waals surface area contributed by atoms with E-state index in [0.717, 1.165) is 11.9 Å². The van der Waals surface area contributed by atoms with Crippen molar-refractivity contribution in [2.45, 2.75) is 20.3 Å². The van der Waals surface area contributed by atoms with Gasteiger partial charge in [-0.2, -0.15) is 0 Å². The van der Waals surface area contributed by atoms with Gasteiger partial charge in [0.05, 0.1) is 5.52 Å². The Hall–Kier alpha value is -1.84. The molecule has 0 radical (unpaired) electrons. The van der Waals surface area contributed by atoms with E-state index < -0.39 is 0 Å². The molecule has 0 saturated heterocycles. The molecule has 17 heavy (non-hydrogen) atoms. The third-order valence-corrected chi connectivity index (χ3v) is 2.67. The Labute approximate surface area is 101 Å². The average molecular weight is 231 g/mol. The number of hydrogen-bond donors (Lipinski definition) is 1. The summed E-state index contributed by atoms with van der Waals surface area (Å²) in [6, 6.07) is 5.71. The fourth-order valence-electron chi connectivity index (χ4n) is 1.68.